The highest BCUT2D eigenvalue weighted by molar-refractivity contribution is 5.94. The number of ether oxygens (including phenoxy) is 2. The van der Waals surface area contributed by atoms with Crippen molar-refractivity contribution in [2.24, 2.45) is 5.10 Å². The van der Waals surface area contributed by atoms with Crippen molar-refractivity contribution >= 4 is 12.1 Å². The highest BCUT2D eigenvalue weighted by Gasteiger charge is 2.10. The number of methoxy groups -OCH3 is 2. The van der Waals surface area contributed by atoms with Gasteiger partial charge in [-0.1, -0.05) is 18.2 Å². The van der Waals surface area contributed by atoms with E-state index in [2.05, 4.69) is 10.5 Å². The van der Waals surface area contributed by atoms with Crippen LogP contribution in [0.4, 0.5) is 0 Å². The number of nitrogens with zero attached hydrogens (tertiary/aromatic N) is 1. The van der Waals surface area contributed by atoms with Crippen LogP contribution in [0.15, 0.2) is 47.6 Å². The van der Waals surface area contributed by atoms with Crippen molar-refractivity contribution in [1.29, 1.82) is 0 Å². The molecule has 0 bridgehead atoms. The van der Waals surface area contributed by atoms with E-state index >= 15 is 0 Å². The number of carbonyl (C=O) groups is 1. The number of hydrogen-bond donors (Lipinski definition) is 2. The van der Waals surface area contributed by atoms with Gasteiger partial charge in [0.25, 0.3) is 5.91 Å². The summed E-state index contributed by atoms with van der Waals surface area (Å²) in [6, 6.07) is 11.9. The Morgan fingerprint density at radius 1 is 1.14 bits per heavy atom. The van der Waals surface area contributed by atoms with Crippen LogP contribution in [0.25, 0.3) is 0 Å². The Labute approximate surface area is 128 Å². The van der Waals surface area contributed by atoms with Gasteiger partial charge in [-0.3, -0.25) is 4.79 Å². The summed E-state index contributed by atoms with van der Waals surface area (Å²) in [6.07, 6.45) is 1.44. The lowest BCUT2D eigenvalue weighted by Gasteiger charge is -2.09. The van der Waals surface area contributed by atoms with Gasteiger partial charge in [-0.05, 0) is 24.3 Å². The predicted molar refractivity (Wildman–Crippen MR) is 82.7 cm³/mol. The van der Waals surface area contributed by atoms with Crippen LogP contribution in [0.5, 0.6) is 17.2 Å². The van der Waals surface area contributed by atoms with Gasteiger partial charge in [0.15, 0.2) is 11.5 Å². The standard InChI is InChI=1S/C16H16N2O4/c1-21-13-8-11(9-14(22-2)15(13)19)10-17-18-16(20)12-6-4-3-5-7-12/h3-10,19H,1-2H3,(H,18,20)/b17-10-. The molecule has 0 aliphatic heterocycles. The molecule has 22 heavy (non-hydrogen) atoms. The van der Waals surface area contributed by atoms with Gasteiger partial charge in [-0.15, -0.1) is 0 Å². The molecule has 0 atom stereocenters. The summed E-state index contributed by atoms with van der Waals surface area (Å²) < 4.78 is 10.1. The highest BCUT2D eigenvalue weighted by Crippen LogP contribution is 2.36. The molecule has 2 aromatic carbocycles. The molecule has 0 unspecified atom stereocenters. The van der Waals surface area contributed by atoms with Crippen molar-refractivity contribution in [3.8, 4) is 17.2 Å². The molecule has 114 valence electrons. The van der Waals surface area contributed by atoms with Crippen LogP contribution in [0.1, 0.15) is 15.9 Å². The van der Waals surface area contributed by atoms with Gasteiger partial charge >= 0.3 is 0 Å². The monoisotopic (exact) mass is 300 g/mol. The molecule has 2 aromatic rings. The van der Waals surface area contributed by atoms with Crippen LogP contribution in [-0.2, 0) is 0 Å². The van der Waals surface area contributed by atoms with Gasteiger partial charge in [0.1, 0.15) is 0 Å². The molecule has 0 spiro atoms. The second-order valence-corrected chi connectivity index (χ2v) is 4.34. The minimum Gasteiger partial charge on any atom is -0.502 e. The molecule has 0 aliphatic carbocycles. The summed E-state index contributed by atoms with van der Waals surface area (Å²) in [7, 11) is 2.87. The van der Waals surface area contributed by atoms with Crippen molar-refractivity contribution in [2.75, 3.05) is 14.2 Å². The Balaban J connectivity index is 2.12. The summed E-state index contributed by atoms with van der Waals surface area (Å²) in [4.78, 5) is 11.8. The molecule has 0 fully saturated rings. The third kappa shape index (κ3) is 3.54. The van der Waals surface area contributed by atoms with Crippen molar-refractivity contribution in [2.45, 2.75) is 0 Å². The van der Waals surface area contributed by atoms with E-state index in [1.54, 1.807) is 36.4 Å². The number of hydrogen-bond acceptors (Lipinski definition) is 5. The van der Waals surface area contributed by atoms with E-state index in [-0.39, 0.29) is 23.2 Å². The third-order valence-corrected chi connectivity index (χ3v) is 2.92. The zero-order chi connectivity index (χ0) is 15.9. The van der Waals surface area contributed by atoms with Crippen LogP contribution in [0.3, 0.4) is 0 Å². The number of benzene rings is 2. The minimum absolute atomic E-state index is 0.0875. The number of nitrogens with one attached hydrogen (secondary N) is 1. The molecule has 6 heteroatoms. The fraction of sp³-hybridized carbons (Fsp3) is 0.125. The van der Waals surface area contributed by atoms with Crippen LogP contribution in [0.2, 0.25) is 0 Å². The van der Waals surface area contributed by atoms with Crippen molar-refractivity contribution in [1.82, 2.24) is 5.43 Å². The van der Waals surface area contributed by atoms with Gasteiger partial charge < -0.3 is 14.6 Å². The number of amides is 1. The van der Waals surface area contributed by atoms with Crippen molar-refractivity contribution in [3.05, 3.63) is 53.6 Å². The molecule has 2 N–H and O–H groups in total. The van der Waals surface area contributed by atoms with E-state index in [0.29, 0.717) is 11.1 Å². The van der Waals surface area contributed by atoms with E-state index in [4.69, 9.17) is 9.47 Å². The van der Waals surface area contributed by atoms with E-state index in [1.165, 1.54) is 20.4 Å². The lowest BCUT2D eigenvalue weighted by atomic mass is 10.2. The average molecular weight is 300 g/mol. The summed E-state index contributed by atoms with van der Waals surface area (Å²) in [5.41, 5.74) is 3.55. The molecule has 0 saturated heterocycles. The van der Waals surface area contributed by atoms with Crippen LogP contribution in [-0.4, -0.2) is 31.4 Å². The predicted octanol–water partition coefficient (Wildman–Crippen LogP) is 2.17. The summed E-state index contributed by atoms with van der Waals surface area (Å²) in [5, 5.41) is 13.7. The number of hydrazone groups is 1. The fourth-order valence-electron chi connectivity index (χ4n) is 1.81. The Hall–Kier alpha value is -3.02. The van der Waals surface area contributed by atoms with E-state index in [0.717, 1.165) is 0 Å². The lowest BCUT2D eigenvalue weighted by Crippen LogP contribution is -2.17. The van der Waals surface area contributed by atoms with Gasteiger partial charge in [-0.25, -0.2) is 5.43 Å². The zero-order valence-corrected chi connectivity index (χ0v) is 12.2. The number of rotatable bonds is 5. The van der Waals surface area contributed by atoms with E-state index in [9.17, 15) is 9.90 Å². The van der Waals surface area contributed by atoms with Crippen molar-refractivity contribution < 1.29 is 19.4 Å². The van der Waals surface area contributed by atoms with Gasteiger partial charge in [0.05, 0.1) is 20.4 Å². The molecule has 0 radical (unpaired) electrons. The Kier molecular flexibility index (Phi) is 4.98. The Morgan fingerprint density at radius 3 is 2.27 bits per heavy atom. The molecule has 0 aromatic heterocycles. The smallest absolute Gasteiger partial charge is 0.271 e. The first-order chi connectivity index (χ1) is 10.7. The van der Waals surface area contributed by atoms with Crippen molar-refractivity contribution in [3.63, 3.8) is 0 Å². The maximum Gasteiger partial charge on any atom is 0.271 e. The molecule has 1 amide bonds. The van der Waals surface area contributed by atoms with Gasteiger partial charge in [-0.2, -0.15) is 5.10 Å². The van der Waals surface area contributed by atoms with Crippen LogP contribution < -0.4 is 14.9 Å². The first-order valence-corrected chi connectivity index (χ1v) is 6.49. The maximum absolute atomic E-state index is 11.8. The topological polar surface area (TPSA) is 80.2 Å². The van der Waals surface area contributed by atoms with E-state index in [1.807, 2.05) is 6.07 Å². The van der Waals surface area contributed by atoms with Gasteiger partial charge in [0, 0.05) is 11.1 Å². The summed E-state index contributed by atoms with van der Waals surface area (Å²) in [6.45, 7) is 0. The zero-order valence-electron chi connectivity index (χ0n) is 12.2. The minimum atomic E-state index is -0.311. The van der Waals surface area contributed by atoms with Crippen LogP contribution >= 0.6 is 0 Å². The quantitative estimate of drug-likeness (QED) is 0.655. The second-order valence-electron chi connectivity index (χ2n) is 4.34. The SMILES string of the molecule is COc1cc(/C=N\NC(=O)c2ccccc2)cc(OC)c1O. The molecule has 6 nitrogen and oxygen atoms in total. The molecular formula is C16H16N2O4. The average Bonchev–Trinajstić information content (AvgIpc) is 2.56. The van der Waals surface area contributed by atoms with Crippen LogP contribution in [0, 0.1) is 0 Å². The molecule has 0 saturated carbocycles. The third-order valence-electron chi connectivity index (χ3n) is 2.92. The number of aromatic hydroxyl groups is 1. The molecule has 0 aliphatic rings. The number of carbonyl (C=O) groups excluding carboxylic acids is 1. The number of phenols is 1. The fourth-order valence-corrected chi connectivity index (χ4v) is 1.81. The van der Waals surface area contributed by atoms with E-state index < -0.39 is 0 Å². The molecular weight excluding hydrogens is 284 g/mol. The maximum atomic E-state index is 11.8. The Bertz CT molecular complexity index is 659. The Morgan fingerprint density at radius 2 is 1.73 bits per heavy atom. The summed E-state index contributed by atoms with van der Waals surface area (Å²) in [5.74, 6) is 0.121. The first-order valence-electron chi connectivity index (χ1n) is 6.49. The molecule has 2 rings (SSSR count). The van der Waals surface area contributed by atoms with Gasteiger partial charge in [0.2, 0.25) is 5.75 Å². The molecule has 0 heterocycles. The number of phenolic OH excluding ortho intramolecular Hbond substituents is 1. The highest BCUT2D eigenvalue weighted by atomic mass is 16.5. The normalized spacial score (nSPS) is 10.5. The summed E-state index contributed by atoms with van der Waals surface area (Å²) >= 11 is 0. The second kappa shape index (κ2) is 7.12. The lowest BCUT2D eigenvalue weighted by molar-refractivity contribution is 0.0955. The largest absolute Gasteiger partial charge is 0.502 e. The first kappa shape index (κ1) is 15.4.